The minimum atomic E-state index is 0.500. The van der Waals surface area contributed by atoms with Crippen LogP contribution in [0.5, 0.6) is 0 Å². The van der Waals surface area contributed by atoms with E-state index in [0.717, 1.165) is 60.4 Å². The largest absolute Gasteiger partial charge is 0.352 e. The Labute approximate surface area is 206 Å². The second kappa shape index (κ2) is 9.51. The first-order valence-corrected chi connectivity index (χ1v) is 13.5. The Bertz CT molecular complexity index is 1160. The number of rotatable bonds is 4. The maximum atomic E-state index is 5.24. The number of aromatic nitrogens is 1. The van der Waals surface area contributed by atoms with Gasteiger partial charge in [-0.2, -0.15) is 0 Å². The van der Waals surface area contributed by atoms with Crippen molar-refractivity contribution in [2.75, 3.05) is 32.0 Å². The van der Waals surface area contributed by atoms with Crippen LogP contribution in [0.25, 0.3) is 0 Å². The van der Waals surface area contributed by atoms with Crippen LogP contribution in [-0.4, -0.2) is 53.3 Å². The number of aliphatic imine (C=N–C) groups is 1. The van der Waals surface area contributed by atoms with Gasteiger partial charge in [0.15, 0.2) is 5.84 Å². The molecule has 0 unspecified atom stereocenters. The van der Waals surface area contributed by atoms with Gasteiger partial charge in [0.25, 0.3) is 0 Å². The van der Waals surface area contributed by atoms with Crippen molar-refractivity contribution in [3.63, 3.8) is 0 Å². The zero-order valence-corrected chi connectivity index (χ0v) is 20.7. The predicted molar refractivity (Wildman–Crippen MR) is 142 cm³/mol. The van der Waals surface area contributed by atoms with Gasteiger partial charge >= 0.3 is 0 Å². The zero-order chi connectivity index (χ0) is 22.9. The quantitative estimate of drug-likeness (QED) is 0.493. The molecule has 1 aliphatic carbocycles. The molecule has 5 nitrogen and oxygen atoms in total. The molecule has 1 atom stereocenters. The molecule has 0 radical (unpaired) electrons. The third-order valence-electron chi connectivity index (χ3n) is 7.62. The van der Waals surface area contributed by atoms with Gasteiger partial charge in [0.2, 0.25) is 0 Å². The number of hydrogen-bond donors (Lipinski definition) is 1. The first-order chi connectivity index (χ1) is 16.7. The summed E-state index contributed by atoms with van der Waals surface area (Å²) in [6.07, 6.45) is 7.45. The van der Waals surface area contributed by atoms with Crippen LogP contribution in [0.3, 0.4) is 0 Å². The van der Waals surface area contributed by atoms with Crippen LogP contribution >= 0.6 is 11.3 Å². The van der Waals surface area contributed by atoms with Crippen LogP contribution in [0.2, 0.25) is 0 Å². The maximum Gasteiger partial charge on any atom is 0.158 e. The molecule has 6 rings (SSSR count). The number of para-hydroxylation sites is 2. The maximum absolute atomic E-state index is 5.24. The van der Waals surface area contributed by atoms with E-state index in [1.54, 1.807) is 0 Å². The fourth-order valence-electron chi connectivity index (χ4n) is 5.54. The Morgan fingerprint density at radius 1 is 1.00 bits per heavy atom. The molecule has 2 fully saturated rings. The topological polar surface area (TPSA) is 43.8 Å². The van der Waals surface area contributed by atoms with E-state index in [4.69, 9.17) is 9.98 Å². The Hall–Kier alpha value is -2.70. The van der Waals surface area contributed by atoms with E-state index in [0.29, 0.717) is 12.0 Å². The highest BCUT2D eigenvalue weighted by Crippen LogP contribution is 2.43. The number of anilines is 2. The number of fused-ring (bicyclic) bond motifs is 2. The van der Waals surface area contributed by atoms with Crippen molar-refractivity contribution in [2.24, 2.45) is 4.99 Å². The molecule has 2 aromatic carbocycles. The van der Waals surface area contributed by atoms with Gasteiger partial charge in [-0.15, -0.1) is 11.3 Å². The summed E-state index contributed by atoms with van der Waals surface area (Å²) in [6, 6.07) is 19.8. The van der Waals surface area contributed by atoms with E-state index in [1.165, 1.54) is 36.3 Å². The molecule has 3 aromatic rings. The standard InChI is InChI=1S/C28H33N5S/c1-32-17-18-33(19-22(32)16-15-20-9-3-2-4-10-20)26-25-28(30-24-14-8-7-13-23(24)29-26)34-27(31-25)21-11-5-6-12-21/h2-4,7-10,13-14,21-22,30H,5-6,11-12,15-19H2,1H3/t22-/m0/s1. The fraction of sp³-hybridized carbons (Fsp3) is 0.429. The monoisotopic (exact) mass is 471 g/mol. The van der Waals surface area contributed by atoms with Crippen molar-refractivity contribution in [2.45, 2.75) is 50.5 Å². The summed E-state index contributed by atoms with van der Waals surface area (Å²) in [5, 5.41) is 6.13. The third-order valence-corrected chi connectivity index (χ3v) is 8.76. The molecular formula is C28H33N5S. The van der Waals surface area contributed by atoms with Gasteiger partial charge in [-0.05, 0) is 50.4 Å². The Kier molecular flexibility index (Phi) is 6.10. The van der Waals surface area contributed by atoms with Crippen molar-refractivity contribution in [1.82, 2.24) is 14.8 Å². The minimum Gasteiger partial charge on any atom is -0.352 e. The lowest BCUT2D eigenvalue weighted by molar-refractivity contribution is 0.134. The van der Waals surface area contributed by atoms with Gasteiger partial charge < -0.3 is 10.2 Å². The average Bonchev–Trinajstić information content (AvgIpc) is 3.52. The number of likely N-dealkylation sites (N-methyl/N-ethyl adjacent to an activating group) is 1. The summed E-state index contributed by atoms with van der Waals surface area (Å²) in [5.41, 5.74) is 4.55. The molecule has 34 heavy (non-hydrogen) atoms. The first-order valence-electron chi connectivity index (χ1n) is 12.7. The van der Waals surface area contributed by atoms with Crippen LogP contribution in [0.4, 0.5) is 16.4 Å². The first kappa shape index (κ1) is 21.8. The third kappa shape index (κ3) is 4.37. The highest BCUT2D eigenvalue weighted by molar-refractivity contribution is 7.16. The molecule has 0 amide bonds. The number of piperazine rings is 1. The van der Waals surface area contributed by atoms with E-state index < -0.39 is 0 Å². The van der Waals surface area contributed by atoms with Crippen LogP contribution < -0.4 is 5.32 Å². The summed E-state index contributed by atoms with van der Waals surface area (Å²) in [6.45, 7) is 3.01. The van der Waals surface area contributed by atoms with Crippen LogP contribution in [-0.2, 0) is 6.42 Å². The number of thiazole rings is 1. The second-order valence-corrected chi connectivity index (χ2v) is 10.9. The summed E-state index contributed by atoms with van der Waals surface area (Å²) in [5.74, 6) is 1.66. The number of amidine groups is 1. The van der Waals surface area contributed by atoms with Gasteiger partial charge in [-0.1, -0.05) is 55.3 Å². The number of benzene rings is 2. The van der Waals surface area contributed by atoms with E-state index >= 15 is 0 Å². The van der Waals surface area contributed by atoms with Gasteiger partial charge in [0, 0.05) is 31.6 Å². The molecule has 0 bridgehead atoms. The second-order valence-electron chi connectivity index (χ2n) is 9.89. The Morgan fingerprint density at radius 3 is 2.65 bits per heavy atom. The van der Waals surface area contributed by atoms with Gasteiger partial charge in [0.05, 0.1) is 16.4 Å². The Morgan fingerprint density at radius 2 is 1.79 bits per heavy atom. The number of aryl methyl sites for hydroxylation is 1. The highest BCUT2D eigenvalue weighted by Gasteiger charge is 2.32. The SMILES string of the molecule is CN1CCN(C2=Nc3ccccc3Nc3sc(C4CCCC4)nc32)C[C@@H]1CCc1ccccc1. The molecule has 3 heterocycles. The summed E-state index contributed by atoms with van der Waals surface area (Å²) in [4.78, 5) is 15.5. The van der Waals surface area contributed by atoms with Crippen molar-refractivity contribution in [3.05, 3.63) is 70.9 Å². The normalized spacial score (nSPS) is 20.9. The minimum absolute atomic E-state index is 0.500. The van der Waals surface area contributed by atoms with Crippen molar-refractivity contribution >= 4 is 33.5 Å². The fourth-order valence-corrected chi connectivity index (χ4v) is 6.68. The predicted octanol–water partition coefficient (Wildman–Crippen LogP) is 6.18. The summed E-state index contributed by atoms with van der Waals surface area (Å²) < 4.78 is 0. The molecular weight excluding hydrogens is 438 g/mol. The van der Waals surface area contributed by atoms with Crippen LogP contribution in [0.1, 0.15) is 54.3 Å². The molecule has 1 aromatic heterocycles. The number of nitrogens with zero attached hydrogens (tertiary/aromatic N) is 4. The molecule has 176 valence electrons. The van der Waals surface area contributed by atoms with E-state index in [2.05, 4.69) is 76.8 Å². The molecule has 1 saturated heterocycles. The smallest absolute Gasteiger partial charge is 0.158 e. The summed E-state index contributed by atoms with van der Waals surface area (Å²) >= 11 is 1.85. The van der Waals surface area contributed by atoms with Gasteiger partial charge in [0.1, 0.15) is 10.7 Å². The lowest BCUT2D eigenvalue weighted by atomic mass is 10.0. The molecule has 1 N–H and O–H groups in total. The van der Waals surface area contributed by atoms with Crippen molar-refractivity contribution in [3.8, 4) is 0 Å². The lowest BCUT2D eigenvalue weighted by Crippen LogP contribution is -2.53. The van der Waals surface area contributed by atoms with E-state index in [1.807, 2.05) is 11.3 Å². The van der Waals surface area contributed by atoms with Gasteiger partial charge in [-0.25, -0.2) is 9.98 Å². The van der Waals surface area contributed by atoms with Crippen molar-refractivity contribution in [1.29, 1.82) is 0 Å². The molecule has 3 aliphatic rings. The highest BCUT2D eigenvalue weighted by atomic mass is 32.1. The molecule has 2 aliphatic heterocycles. The summed E-state index contributed by atoms with van der Waals surface area (Å²) in [7, 11) is 2.27. The molecule has 1 saturated carbocycles. The van der Waals surface area contributed by atoms with Gasteiger partial charge in [-0.3, -0.25) is 4.90 Å². The van der Waals surface area contributed by atoms with E-state index in [9.17, 15) is 0 Å². The van der Waals surface area contributed by atoms with Crippen molar-refractivity contribution < 1.29 is 0 Å². The average molecular weight is 472 g/mol. The molecule has 6 heteroatoms. The van der Waals surface area contributed by atoms with Crippen LogP contribution in [0.15, 0.2) is 59.6 Å². The lowest BCUT2D eigenvalue weighted by Gasteiger charge is -2.40. The van der Waals surface area contributed by atoms with E-state index in [-0.39, 0.29) is 0 Å². The number of nitrogens with one attached hydrogen (secondary N) is 1. The van der Waals surface area contributed by atoms with Crippen LogP contribution in [0, 0.1) is 0 Å². The Balaban J connectivity index is 1.30. The zero-order valence-electron chi connectivity index (χ0n) is 19.9. The molecule has 0 spiro atoms. The number of hydrogen-bond acceptors (Lipinski definition) is 6.